The Balaban J connectivity index is 3.08. The molecule has 1 rings (SSSR count). The third-order valence-electron chi connectivity index (χ3n) is 4.11. The monoisotopic (exact) mass is 342 g/mol. The van der Waals surface area contributed by atoms with Gasteiger partial charge in [0.2, 0.25) is 0 Å². The van der Waals surface area contributed by atoms with Gasteiger partial charge in [0.05, 0.1) is 5.41 Å². The number of hydrogen-bond acceptors (Lipinski definition) is 2. The second-order valence-electron chi connectivity index (χ2n) is 5.81. The van der Waals surface area contributed by atoms with E-state index in [1.807, 2.05) is 0 Å². The number of halogens is 6. The second kappa shape index (κ2) is 6.05. The average molecular weight is 342 g/mol. The van der Waals surface area contributed by atoms with Crippen molar-refractivity contribution in [1.29, 1.82) is 0 Å². The third-order valence-corrected chi connectivity index (χ3v) is 4.11. The maximum absolute atomic E-state index is 13.1. The summed E-state index contributed by atoms with van der Waals surface area (Å²) < 4.78 is 83.2. The van der Waals surface area contributed by atoms with Gasteiger partial charge in [-0.3, -0.25) is 4.79 Å². The Hall–Kier alpha value is -1.73. The van der Waals surface area contributed by atoms with Crippen molar-refractivity contribution >= 4 is 5.97 Å². The molecule has 0 saturated carbocycles. The molecule has 0 saturated heterocycles. The zero-order valence-electron chi connectivity index (χ0n) is 12.7. The van der Waals surface area contributed by atoms with E-state index >= 15 is 0 Å². The lowest BCUT2D eigenvalue weighted by atomic mass is 9.65. The molecule has 0 aliphatic carbocycles. The number of hydrogen-bond donors (Lipinski definition) is 0. The van der Waals surface area contributed by atoms with Gasteiger partial charge in [-0.1, -0.05) is 30.3 Å². The van der Waals surface area contributed by atoms with E-state index in [4.69, 9.17) is 4.74 Å². The van der Waals surface area contributed by atoms with Crippen LogP contribution in [-0.4, -0.2) is 18.3 Å². The van der Waals surface area contributed by atoms with Crippen LogP contribution >= 0.6 is 0 Å². The van der Waals surface area contributed by atoms with E-state index in [2.05, 4.69) is 0 Å². The molecule has 0 heterocycles. The second-order valence-corrected chi connectivity index (χ2v) is 5.81. The summed E-state index contributed by atoms with van der Waals surface area (Å²) in [5.74, 6) is -1.57. The minimum absolute atomic E-state index is 0.0310. The Morgan fingerprint density at radius 2 is 1.35 bits per heavy atom. The van der Waals surface area contributed by atoms with Gasteiger partial charge >= 0.3 is 18.3 Å². The lowest BCUT2D eigenvalue weighted by Crippen LogP contribution is -2.59. The number of carbonyl (C=O) groups excluding carboxylic acids is 1. The van der Waals surface area contributed by atoms with E-state index < -0.39 is 35.8 Å². The summed E-state index contributed by atoms with van der Waals surface area (Å²) in [4.78, 5) is 12.0. The molecule has 0 aliphatic rings. The largest absolute Gasteiger partial charge is 0.460 e. The molecule has 0 atom stereocenters. The Morgan fingerprint density at radius 1 is 0.913 bits per heavy atom. The molecule has 0 spiro atoms. The van der Waals surface area contributed by atoms with Crippen LogP contribution in [0, 0.1) is 10.8 Å². The molecular weight excluding hydrogens is 326 g/mol. The fraction of sp³-hybridized carbons (Fsp3) is 0.533. The Bertz CT molecular complexity index is 531. The van der Waals surface area contributed by atoms with Crippen molar-refractivity contribution in [2.45, 2.75) is 39.7 Å². The van der Waals surface area contributed by atoms with Crippen molar-refractivity contribution in [2.75, 3.05) is 0 Å². The molecule has 0 unspecified atom stereocenters. The first kappa shape index (κ1) is 19.3. The van der Waals surface area contributed by atoms with E-state index in [-0.39, 0.29) is 6.92 Å². The summed E-state index contributed by atoms with van der Waals surface area (Å²) in [7, 11) is 0. The molecule has 0 N–H and O–H groups in total. The first-order valence-corrected chi connectivity index (χ1v) is 6.60. The molecular formula is C15H16F6O2. The quantitative estimate of drug-likeness (QED) is 0.575. The predicted molar refractivity (Wildman–Crippen MR) is 70.2 cm³/mol. The molecule has 0 fully saturated rings. The van der Waals surface area contributed by atoms with E-state index in [0.29, 0.717) is 19.4 Å². The highest BCUT2D eigenvalue weighted by Crippen LogP contribution is 2.60. The standard InChI is InChI=1S/C15H16F6O2/c1-12(2,13(3,14(16,17)18)15(19,20)21)11(22)23-9-10-7-5-4-6-8-10/h4-8H,9H2,1-3H3. The lowest BCUT2D eigenvalue weighted by Gasteiger charge is -2.44. The maximum atomic E-state index is 13.1. The van der Waals surface area contributed by atoms with E-state index in [1.54, 1.807) is 18.2 Å². The number of carbonyl (C=O) groups is 1. The highest BCUT2D eigenvalue weighted by Gasteiger charge is 2.76. The van der Waals surface area contributed by atoms with Gasteiger partial charge in [0.15, 0.2) is 5.41 Å². The molecule has 0 aromatic heterocycles. The van der Waals surface area contributed by atoms with Gasteiger partial charge in [-0.15, -0.1) is 0 Å². The molecule has 1 aromatic rings. The first-order valence-electron chi connectivity index (χ1n) is 6.60. The maximum Gasteiger partial charge on any atom is 0.404 e. The van der Waals surface area contributed by atoms with Crippen LogP contribution in [0.15, 0.2) is 30.3 Å². The van der Waals surface area contributed by atoms with Crippen LogP contribution in [-0.2, 0) is 16.1 Å². The Kier molecular flexibility index (Phi) is 5.08. The minimum atomic E-state index is -5.67. The van der Waals surface area contributed by atoms with Crippen molar-refractivity contribution in [3.05, 3.63) is 35.9 Å². The van der Waals surface area contributed by atoms with Crippen molar-refractivity contribution in [1.82, 2.24) is 0 Å². The van der Waals surface area contributed by atoms with Gasteiger partial charge in [-0.05, 0) is 26.3 Å². The summed E-state index contributed by atoms with van der Waals surface area (Å²) in [6.07, 6.45) is -11.3. The van der Waals surface area contributed by atoms with Gasteiger partial charge in [-0.25, -0.2) is 0 Å². The fourth-order valence-corrected chi connectivity index (χ4v) is 1.98. The molecule has 0 radical (unpaired) electrons. The van der Waals surface area contributed by atoms with Crippen LogP contribution in [0.4, 0.5) is 26.3 Å². The molecule has 23 heavy (non-hydrogen) atoms. The summed E-state index contributed by atoms with van der Waals surface area (Å²) in [6.45, 7) is 0.730. The first-order chi connectivity index (χ1) is 10.2. The highest BCUT2D eigenvalue weighted by atomic mass is 19.4. The smallest absolute Gasteiger partial charge is 0.404 e. The van der Waals surface area contributed by atoms with Gasteiger partial charge in [-0.2, -0.15) is 26.3 Å². The molecule has 0 aliphatic heterocycles. The van der Waals surface area contributed by atoms with Gasteiger partial charge in [0, 0.05) is 0 Å². The fourth-order valence-electron chi connectivity index (χ4n) is 1.98. The van der Waals surface area contributed by atoms with Gasteiger partial charge in [0.25, 0.3) is 0 Å². The zero-order chi connectivity index (χ0) is 18.1. The topological polar surface area (TPSA) is 26.3 Å². The van der Waals surface area contributed by atoms with Gasteiger partial charge < -0.3 is 4.74 Å². The summed E-state index contributed by atoms with van der Waals surface area (Å²) in [5, 5.41) is 0. The predicted octanol–water partition coefficient (Wildman–Crippen LogP) is 4.89. The van der Waals surface area contributed by atoms with Crippen LogP contribution in [0.5, 0.6) is 0 Å². The van der Waals surface area contributed by atoms with Crippen molar-refractivity contribution in [3.8, 4) is 0 Å². The number of esters is 1. The molecule has 8 heteroatoms. The van der Waals surface area contributed by atoms with Crippen molar-refractivity contribution in [3.63, 3.8) is 0 Å². The number of alkyl halides is 6. The molecule has 0 amide bonds. The highest BCUT2D eigenvalue weighted by molar-refractivity contribution is 5.77. The minimum Gasteiger partial charge on any atom is -0.460 e. The van der Waals surface area contributed by atoms with Crippen LogP contribution in [0.2, 0.25) is 0 Å². The van der Waals surface area contributed by atoms with E-state index in [0.717, 1.165) is 0 Å². The lowest BCUT2D eigenvalue weighted by molar-refractivity contribution is -0.363. The summed E-state index contributed by atoms with van der Waals surface area (Å²) in [5.41, 5.74) is -6.63. The van der Waals surface area contributed by atoms with Gasteiger partial charge in [0.1, 0.15) is 6.61 Å². The van der Waals surface area contributed by atoms with Crippen LogP contribution in [0.3, 0.4) is 0 Å². The van der Waals surface area contributed by atoms with E-state index in [9.17, 15) is 31.1 Å². The summed E-state index contributed by atoms with van der Waals surface area (Å²) in [6, 6.07) is 7.94. The zero-order valence-corrected chi connectivity index (χ0v) is 12.7. The number of ether oxygens (including phenoxy) is 1. The summed E-state index contributed by atoms with van der Waals surface area (Å²) >= 11 is 0. The molecule has 1 aromatic carbocycles. The molecule has 0 bridgehead atoms. The van der Waals surface area contributed by atoms with Crippen LogP contribution in [0.25, 0.3) is 0 Å². The van der Waals surface area contributed by atoms with E-state index in [1.165, 1.54) is 12.1 Å². The molecule has 2 nitrogen and oxygen atoms in total. The van der Waals surface area contributed by atoms with Crippen LogP contribution < -0.4 is 0 Å². The number of benzene rings is 1. The Morgan fingerprint density at radius 3 is 1.74 bits per heavy atom. The van der Waals surface area contributed by atoms with Crippen LogP contribution in [0.1, 0.15) is 26.3 Å². The Labute approximate surface area is 129 Å². The SMILES string of the molecule is CC(C)(C(=O)OCc1ccccc1)C(C)(C(F)(F)F)C(F)(F)F. The average Bonchev–Trinajstić information content (AvgIpc) is 2.42. The van der Waals surface area contributed by atoms with Crippen molar-refractivity contribution in [2.24, 2.45) is 10.8 Å². The number of rotatable bonds is 4. The van der Waals surface area contributed by atoms with Crippen molar-refractivity contribution < 1.29 is 35.9 Å². The normalized spacial score (nSPS) is 13.8. The third kappa shape index (κ3) is 3.45. The molecule has 130 valence electrons.